The standard InChI is InChI=1S/C25H16N2O2S/c28-24-19-10-4-5-11-20(19)25(29)21(24)16-18-13-14-23(30-18)27(17-8-2-1-3-9-17)22-12-6-7-15-26-22/h1-16H. The summed E-state index contributed by atoms with van der Waals surface area (Å²) < 4.78 is 0. The number of para-hydroxylation sites is 1. The molecule has 0 fully saturated rings. The minimum atomic E-state index is -0.213. The van der Waals surface area contributed by atoms with Crippen LogP contribution < -0.4 is 4.90 Å². The molecule has 2 heterocycles. The predicted molar refractivity (Wildman–Crippen MR) is 120 cm³/mol. The summed E-state index contributed by atoms with van der Waals surface area (Å²) in [5.41, 5.74) is 2.15. The molecule has 2 aromatic heterocycles. The van der Waals surface area contributed by atoms with Gasteiger partial charge in [-0.2, -0.15) is 0 Å². The minimum Gasteiger partial charge on any atom is -0.288 e. The van der Waals surface area contributed by atoms with E-state index in [4.69, 9.17) is 0 Å². The molecule has 0 unspecified atom stereocenters. The van der Waals surface area contributed by atoms with Gasteiger partial charge in [-0.1, -0.05) is 48.5 Å². The van der Waals surface area contributed by atoms with E-state index in [1.165, 1.54) is 11.3 Å². The van der Waals surface area contributed by atoms with Crippen molar-refractivity contribution in [1.82, 2.24) is 4.98 Å². The number of carbonyl (C=O) groups is 2. The number of hydrogen-bond donors (Lipinski definition) is 0. The first-order valence-corrected chi connectivity index (χ1v) is 10.3. The number of fused-ring (bicyclic) bond motifs is 1. The van der Waals surface area contributed by atoms with E-state index in [0.29, 0.717) is 11.1 Å². The van der Waals surface area contributed by atoms with E-state index >= 15 is 0 Å². The van der Waals surface area contributed by atoms with E-state index in [1.807, 2.05) is 60.7 Å². The third kappa shape index (κ3) is 3.15. The second kappa shape index (κ2) is 7.54. The van der Waals surface area contributed by atoms with Crippen molar-refractivity contribution in [3.05, 3.63) is 113 Å². The summed E-state index contributed by atoms with van der Waals surface area (Å²) >= 11 is 1.51. The first-order valence-electron chi connectivity index (χ1n) is 9.48. The Balaban J connectivity index is 1.54. The Morgan fingerprint density at radius 1 is 0.733 bits per heavy atom. The number of benzene rings is 2. The Bertz CT molecular complexity index is 1200. The van der Waals surface area contributed by atoms with Crippen LogP contribution in [0.15, 0.2) is 96.7 Å². The summed E-state index contributed by atoms with van der Waals surface area (Å²) in [7, 11) is 0. The van der Waals surface area contributed by atoms with Gasteiger partial charge in [0.1, 0.15) is 10.8 Å². The fourth-order valence-electron chi connectivity index (χ4n) is 3.52. The molecule has 0 bridgehead atoms. The monoisotopic (exact) mass is 408 g/mol. The number of Topliss-reactive ketones (excluding diaryl/α,β-unsaturated/α-hetero) is 2. The fourth-order valence-corrected chi connectivity index (χ4v) is 4.50. The topological polar surface area (TPSA) is 50.3 Å². The van der Waals surface area contributed by atoms with E-state index in [0.717, 1.165) is 21.4 Å². The molecule has 4 nitrogen and oxygen atoms in total. The van der Waals surface area contributed by atoms with Crippen LogP contribution in [0.4, 0.5) is 16.5 Å². The molecule has 1 aliphatic rings. The molecule has 144 valence electrons. The fraction of sp³-hybridized carbons (Fsp3) is 0. The molecule has 4 aromatic rings. The third-order valence-corrected chi connectivity index (χ3v) is 5.94. The van der Waals surface area contributed by atoms with Gasteiger partial charge in [0.25, 0.3) is 0 Å². The van der Waals surface area contributed by atoms with E-state index < -0.39 is 0 Å². The predicted octanol–water partition coefficient (Wildman–Crippen LogP) is 6.08. The highest BCUT2D eigenvalue weighted by Gasteiger charge is 2.32. The Kier molecular flexibility index (Phi) is 4.58. The number of allylic oxidation sites excluding steroid dienone is 1. The van der Waals surface area contributed by atoms with Crippen LogP contribution in [0.2, 0.25) is 0 Å². The number of anilines is 3. The van der Waals surface area contributed by atoms with Crippen LogP contribution in [0.3, 0.4) is 0 Å². The molecule has 0 radical (unpaired) electrons. The molecule has 0 aliphatic heterocycles. The smallest absolute Gasteiger partial charge is 0.197 e. The molecule has 2 aromatic carbocycles. The zero-order valence-electron chi connectivity index (χ0n) is 15.9. The van der Waals surface area contributed by atoms with Gasteiger partial charge in [-0.3, -0.25) is 14.5 Å². The Hall–Kier alpha value is -3.83. The van der Waals surface area contributed by atoms with Gasteiger partial charge in [0.2, 0.25) is 0 Å². The molecule has 0 amide bonds. The second-order valence-electron chi connectivity index (χ2n) is 6.80. The van der Waals surface area contributed by atoms with Crippen LogP contribution in [0, 0.1) is 0 Å². The van der Waals surface area contributed by atoms with Crippen LogP contribution >= 0.6 is 11.3 Å². The summed E-state index contributed by atoms with van der Waals surface area (Å²) in [6.45, 7) is 0. The lowest BCUT2D eigenvalue weighted by Crippen LogP contribution is -2.09. The highest BCUT2D eigenvalue weighted by atomic mass is 32.1. The van der Waals surface area contributed by atoms with Crippen molar-refractivity contribution < 1.29 is 9.59 Å². The van der Waals surface area contributed by atoms with Gasteiger partial charge in [0.15, 0.2) is 11.6 Å². The van der Waals surface area contributed by atoms with Gasteiger partial charge >= 0.3 is 0 Å². The molecule has 0 saturated carbocycles. The van der Waals surface area contributed by atoms with Crippen LogP contribution in [0.5, 0.6) is 0 Å². The van der Waals surface area contributed by atoms with Crippen LogP contribution in [0.25, 0.3) is 6.08 Å². The van der Waals surface area contributed by atoms with Crippen molar-refractivity contribution in [3.8, 4) is 0 Å². The second-order valence-corrected chi connectivity index (χ2v) is 7.89. The van der Waals surface area contributed by atoms with Gasteiger partial charge < -0.3 is 0 Å². The number of aromatic nitrogens is 1. The summed E-state index contributed by atoms with van der Waals surface area (Å²) in [6.07, 6.45) is 3.45. The molecule has 5 rings (SSSR count). The Morgan fingerprint density at radius 2 is 1.40 bits per heavy atom. The summed E-state index contributed by atoms with van der Waals surface area (Å²) in [4.78, 5) is 32.8. The number of thiophene rings is 1. The maximum absolute atomic E-state index is 12.7. The van der Waals surface area contributed by atoms with Crippen molar-refractivity contribution >= 4 is 45.5 Å². The molecule has 0 saturated heterocycles. The molecule has 0 N–H and O–H groups in total. The van der Waals surface area contributed by atoms with Crippen LogP contribution in [0.1, 0.15) is 25.6 Å². The largest absolute Gasteiger partial charge is 0.288 e. The minimum absolute atomic E-state index is 0.213. The third-order valence-electron chi connectivity index (χ3n) is 4.92. The average Bonchev–Trinajstić information content (AvgIpc) is 3.35. The van der Waals surface area contributed by atoms with Gasteiger partial charge in [-0.05, 0) is 42.5 Å². The average molecular weight is 408 g/mol. The summed E-state index contributed by atoms with van der Waals surface area (Å²) in [5, 5.41) is 0.946. The van der Waals surface area contributed by atoms with E-state index in [1.54, 1.807) is 36.5 Å². The van der Waals surface area contributed by atoms with Crippen molar-refractivity contribution in [3.63, 3.8) is 0 Å². The molecular weight excluding hydrogens is 392 g/mol. The van der Waals surface area contributed by atoms with E-state index in [-0.39, 0.29) is 17.1 Å². The summed E-state index contributed by atoms with van der Waals surface area (Å²) in [6, 6.07) is 26.6. The Morgan fingerprint density at radius 3 is 2.07 bits per heavy atom. The van der Waals surface area contributed by atoms with Crippen molar-refractivity contribution in [2.75, 3.05) is 4.90 Å². The zero-order valence-corrected chi connectivity index (χ0v) is 16.7. The Labute approximate surface area is 177 Å². The van der Waals surface area contributed by atoms with Gasteiger partial charge in [-0.25, -0.2) is 4.98 Å². The maximum Gasteiger partial charge on any atom is 0.197 e. The number of ketones is 2. The lowest BCUT2D eigenvalue weighted by Gasteiger charge is -2.22. The molecule has 5 heteroatoms. The SMILES string of the molecule is O=C1C(=Cc2ccc(N(c3ccccc3)c3ccccn3)s2)C(=O)c2ccccc21. The number of nitrogens with zero attached hydrogens (tertiary/aromatic N) is 2. The number of hydrogen-bond acceptors (Lipinski definition) is 5. The number of rotatable bonds is 4. The molecule has 30 heavy (non-hydrogen) atoms. The van der Waals surface area contributed by atoms with E-state index in [9.17, 15) is 9.59 Å². The van der Waals surface area contributed by atoms with Gasteiger partial charge in [-0.15, -0.1) is 11.3 Å². The quantitative estimate of drug-likeness (QED) is 0.303. The lowest BCUT2D eigenvalue weighted by molar-refractivity contribution is 0.0990. The van der Waals surface area contributed by atoms with Crippen LogP contribution in [-0.2, 0) is 0 Å². The normalized spacial score (nSPS) is 12.7. The first-order chi connectivity index (χ1) is 14.7. The van der Waals surface area contributed by atoms with Gasteiger partial charge in [0, 0.05) is 27.9 Å². The lowest BCUT2D eigenvalue weighted by atomic mass is 10.1. The van der Waals surface area contributed by atoms with Crippen molar-refractivity contribution in [2.45, 2.75) is 0 Å². The number of carbonyl (C=O) groups excluding carboxylic acids is 2. The first kappa shape index (κ1) is 18.2. The number of pyridine rings is 1. The highest BCUT2D eigenvalue weighted by molar-refractivity contribution is 7.17. The zero-order chi connectivity index (χ0) is 20.5. The molecular formula is C25H16N2O2S. The maximum atomic E-state index is 12.7. The van der Waals surface area contributed by atoms with Gasteiger partial charge in [0.05, 0.1) is 5.57 Å². The molecule has 0 spiro atoms. The molecule has 0 atom stereocenters. The van der Waals surface area contributed by atoms with Crippen molar-refractivity contribution in [2.24, 2.45) is 0 Å². The van der Waals surface area contributed by atoms with E-state index in [2.05, 4.69) is 9.88 Å². The molecule has 1 aliphatic carbocycles. The van der Waals surface area contributed by atoms with Crippen LogP contribution in [-0.4, -0.2) is 16.6 Å². The van der Waals surface area contributed by atoms with Crippen molar-refractivity contribution in [1.29, 1.82) is 0 Å². The summed E-state index contributed by atoms with van der Waals surface area (Å²) in [5.74, 6) is 0.371. The highest BCUT2D eigenvalue weighted by Crippen LogP contribution is 2.39.